The van der Waals surface area contributed by atoms with Crippen LogP contribution >= 0.6 is 0 Å². The van der Waals surface area contributed by atoms with Gasteiger partial charge in [0.15, 0.2) is 0 Å². The predicted molar refractivity (Wildman–Crippen MR) is 68.6 cm³/mol. The predicted octanol–water partition coefficient (Wildman–Crippen LogP) is 3.34. The molecule has 1 atom stereocenters. The lowest BCUT2D eigenvalue weighted by Crippen LogP contribution is -2.27. The summed E-state index contributed by atoms with van der Waals surface area (Å²) >= 11 is 0. The zero-order chi connectivity index (χ0) is 15.3. The van der Waals surface area contributed by atoms with Gasteiger partial charge in [-0.05, 0) is 36.1 Å². The SMILES string of the molecule is CC(C)CC(O)CNCc1cc(F)cc(C(F)(F)F)c1. The molecule has 0 fully saturated rings. The summed E-state index contributed by atoms with van der Waals surface area (Å²) in [5.74, 6) is -0.586. The first-order valence-corrected chi connectivity index (χ1v) is 6.44. The Kier molecular flexibility index (Phi) is 5.95. The van der Waals surface area contributed by atoms with Gasteiger partial charge < -0.3 is 10.4 Å². The Morgan fingerprint density at radius 1 is 1.20 bits per heavy atom. The maximum absolute atomic E-state index is 13.1. The lowest BCUT2D eigenvalue weighted by Gasteiger charge is -2.14. The fourth-order valence-electron chi connectivity index (χ4n) is 1.93. The molecule has 0 radical (unpaired) electrons. The largest absolute Gasteiger partial charge is 0.416 e. The Morgan fingerprint density at radius 3 is 2.40 bits per heavy atom. The van der Waals surface area contributed by atoms with Crippen LogP contribution in [0.5, 0.6) is 0 Å². The van der Waals surface area contributed by atoms with Crippen LogP contribution in [0.4, 0.5) is 17.6 Å². The van der Waals surface area contributed by atoms with E-state index in [0.717, 1.165) is 12.1 Å². The van der Waals surface area contributed by atoms with E-state index in [2.05, 4.69) is 5.32 Å². The highest BCUT2D eigenvalue weighted by Crippen LogP contribution is 2.30. The minimum absolute atomic E-state index is 0.0794. The van der Waals surface area contributed by atoms with Gasteiger partial charge in [0.05, 0.1) is 11.7 Å². The highest BCUT2D eigenvalue weighted by atomic mass is 19.4. The van der Waals surface area contributed by atoms with Gasteiger partial charge in [-0.25, -0.2) is 4.39 Å². The van der Waals surface area contributed by atoms with Crippen molar-refractivity contribution in [2.24, 2.45) is 5.92 Å². The number of hydrogen-bond acceptors (Lipinski definition) is 2. The number of halogens is 4. The van der Waals surface area contributed by atoms with E-state index >= 15 is 0 Å². The molecule has 2 N–H and O–H groups in total. The lowest BCUT2D eigenvalue weighted by atomic mass is 10.1. The van der Waals surface area contributed by atoms with Gasteiger partial charge in [-0.15, -0.1) is 0 Å². The van der Waals surface area contributed by atoms with Crippen LogP contribution in [0.3, 0.4) is 0 Å². The van der Waals surface area contributed by atoms with Gasteiger partial charge in [-0.2, -0.15) is 13.2 Å². The molecule has 0 saturated heterocycles. The summed E-state index contributed by atoms with van der Waals surface area (Å²) in [7, 11) is 0. The van der Waals surface area contributed by atoms with Gasteiger partial charge >= 0.3 is 6.18 Å². The maximum atomic E-state index is 13.1. The lowest BCUT2D eigenvalue weighted by molar-refractivity contribution is -0.137. The summed E-state index contributed by atoms with van der Waals surface area (Å²) in [6, 6.07) is 2.43. The van der Waals surface area contributed by atoms with Crippen molar-refractivity contribution in [3.05, 3.63) is 35.1 Å². The van der Waals surface area contributed by atoms with Crippen molar-refractivity contribution in [1.29, 1.82) is 0 Å². The van der Waals surface area contributed by atoms with Crippen molar-refractivity contribution in [3.8, 4) is 0 Å². The number of aliphatic hydroxyl groups excluding tert-OH is 1. The normalized spacial score (nSPS) is 13.8. The fraction of sp³-hybridized carbons (Fsp3) is 0.571. The maximum Gasteiger partial charge on any atom is 0.416 e. The minimum atomic E-state index is -4.56. The van der Waals surface area contributed by atoms with Crippen LogP contribution in [0, 0.1) is 11.7 Å². The van der Waals surface area contributed by atoms with Crippen LogP contribution in [0.15, 0.2) is 18.2 Å². The molecule has 0 aliphatic carbocycles. The number of rotatable bonds is 6. The first-order valence-electron chi connectivity index (χ1n) is 6.44. The first kappa shape index (κ1) is 16.9. The van der Waals surface area contributed by atoms with E-state index in [0.29, 0.717) is 18.4 Å². The third kappa shape index (κ3) is 5.88. The molecule has 0 saturated carbocycles. The molecule has 0 aliphatic heterocycles. The smallest absolute Gasteiger partial charge is 0.392 e. The van der Waals surface area contributed by atoms with E-state index in [1.54, 1.807) is 0 Å². The molecule has 20 heavy (non-hydrogen) atoms. The second-order valence-corrected chi connectivity index (χ2v) is 5.26. The molecular weight excluding hydrogens is 274 g/mol. The quantitative estimate of drug-likeness (QED) is 0.788. The molecule has 0 aromatic heterocycles. The first-order chi connectivity index (χ1) is 9.18. The van der Waals surface area contributed by atoms with Gasteiger partial charge in [0.1, 0.15) is 5.82 Å². The Labute approximate surface area is 115 Å². The van der Waals surface area contributed by atoms with Gasteiger partial charge in [0, 0.05) is 13.1 Å². The van der Waals surface area contributed by atoms with E-state index in [9.17, 15) is 22.7 Å². The van der Waals surface area contributed by atoms with Crippen LogP contribution in [0.2, 0.25) is 0 Å². The van der Waals surface area contributed by atoms with Gasteiger partial charge in [0.2, 0.25) is 0 Å². The summed E-state index contributed by atoms with van der Waals surface area (Å²) in [5.41, 5.74) is -0.800. The molecule has 2 nitrogen and oxygen atoms in total. The van der Waals surface area contributed by atoms with E-state index in [-0.39, 0.29) is 18.7 Å². The molecule has 0 aliphatic rings. The molecule has 6 heteroatoms. The van der Waals surface area contributed by atoms with Crippen molar-refractivity contribution < 1.29 is 22.7 Å². The number of nitrogens with one attached hydrogen (secondary N) is 1. The van der Waals surface area contributed by atoms with E-state index in [4.69, 9.17) is 0 Å². The molecule has 1 aromatic rings. The van der Waals surface area contributed by atoms with Gasteiger partial charge in [-0.3, -0.25) is 0 Å². The van der Waals surface area contributed by atoms with Crippen LogP contribution < -0.4 is 5.32 Å². The van der Waals surface area contributed by atoms with Gasteiger partial charge in [0.25, 0.3) is 0 Å². The van der Waals surface area contributed by atoms with Crippen LogP contribution in [0.1, 0.15) is 31.4 Å². The molecule has 0 heterocycles. The molecule has 0 amide bonds. The van der Waals surface area contributed by atoms with Gasteiger partial charge in [-0.1, -0.05) is 13.8 Å². The third-order valence-electron chi connectivity index (χ3n) is 2.74. The molecule has 114 valence electrons. The summed E-state index contributed by atoms with van der Waals surface area (Å²) in [6.07, 6.45) is -4.52. The summed E-state index contributed by atoms with van der Waals surface area (Å²) < 4.78 is 50.7. The number of benzene rings is 1. The monoisotopic (exact) mass is 293 g/mol. The molecule has 1 rings (SSSR count). The van der Waals surface area contributed by atoms with Crippen LogP contribution in [-0.2, 0) is 12.7 Å². The molecule has 1 aromatic carbocycles. The standard InChI is InChI=1S/C14H19F4NO/c1-9(2)3-13(20)8-19-7-10-4-11(14(16,17)18)6-12(15)5-10/h4-6,9,13,19-20H,3,7-8H2,1-2H3. The zero-order valence-corrected chi connectivity index (χ0v) is 11.5. The molecule has 0 spiro atoms. The summed E-state index contributed by atoms with van der Waals surface area (Å²) in [6.45, 7) is 4.27. The van der Waals surface area contributed by atoms with E-state index < -0.39 is 23.7 Å². The van der Waals surface area contributed by atoms with Crippen molar-refractivity contribution in [2.75, 3.05) is 6.54 Å². The average molecular weight is 293 g/mol. The highest BCUT2D eigenvalue weighted by molar-refractivity contribution is 5.26. The fourth-order valence-corrected chi connectivity index (χ4v) is 1.93. The summed E-state index contributed by atoms with van der Waals surface area (Å²) in [4.78, 5) is 0. The Balaban J connectivity index is 2.58. The minimum Gasteiger partial charge on any atom is -0.392 e. The van der Waals surface area contributed by atoms with Crippen molar-refractivity contribution in [2.45, 2.75) is 39.1 Å². The Morgan fingerprint density at radius 2 is 1.85 bits per heavy atom. The average Bonchev–Trinajstić information content (AvgIpc) is 2.25. The number of aliphatic hydroxyl groups is 1. The topological polar surface area (TPSA) is 32.3 Å². The summed E-state index contributed by atoms with van der Waals surface area (Å²) in [5, 5.41) is 12.4. The van der Waals surface area contributed by atoms with Crippen LogP contribution in [-0.4, -0.2) is 17.8 Å². The second kappa shape index (κ2) is 7.04. The zero-order valence-electron chi connectivity index (χ0n) is 11.5. The van der Waals surface area contributed by atoms with Crippen LogP contribution in [0.25, 0.3) is 0 Å². The third-order valence-corrected chi connectivity index (χ3v) is 2.74. The van der Waals surface area contributed by atoms with E-state index in [1.165, 1.54) is 0 Å². The second-order valence-electron chi connectivity index (χ2n) is 5.26. The molecule has 0 bridgehead atoms. The Hall–Kier alpha value is -1.14. The van der Waals surface area contributed by atoms with E-state index in [1.807, 2.05) is 13.8 Å². The van der Waals surface area contributed by atoms with Crippen molar-refractivity contribution in [1.82, 2.24) is 5.32 Å². The van der Waals surface area contributed by atoms with Crippen molar-refractivity contribution >= 4 is 0 Å². The Bertz CT molecular complexity index is 432. The highest BCUT2D eigenvalue weighted by Gasteiger charge is 2.31. The van der Waals surface area contributed by atoms with Crippen molar-refractivity contribution in [3.63, 3.8) is 0 Å². The molecular formula is C14H19F4NO. The molecule has 1 unspecified atom stereocenters. The number of alkyl halides is 3. The number of hydrogen-bond donors (Lipinski definition) is 2.